The first-order valence-corrected chi connectivity index (χ1v) is 10.3. The van der Waals surface area contributed by atoms with Crippen LogP contribution in [0.25, 0.3) is 22.0 Å². The van der Waals surface area contributed by atoms with Gasteiger partial charge >= 0.3 is 0 Å². The lowest BCUT2D eigenvalue weighted by atomic mass is 9.95. The second-order valence-electron chi connectivity index (χ2n) is 7.63. The van der Waals surface area contributed by atoms with Crippen molar-refractivity contribution in [2.24, 2.45) is 0 Å². The van der Waals surface area contributed by atoms with Crippen LogP contribution in [0.2, 0.25) is 0 Å². The molecule has 0 radical (unpaired) electrons. The average molecular weight is 412 g/mol. The summed E-state index contributed by atoms with van der Waals surface area (Å²) in [6.07, 6.45) is 3.59. The lowest BCUT2D eigenvalue weighted by molar-refractivity contribution is 0.0956. The van der Waals surface area contributed by atoms with Crippen LogP contribution in [0.4, 0.5) is 11.6 Å². The number of hydrogen-bond acceptors (Lipinski definition) is 5. The number of anilines is 2. The van der Waals surface area contributed by atoms with E-state index in [1.807, 2.05) is 57.3 Å². The predicted molar refractivity (Wildman–Crippen MR) is 125 cm³/mol. The maximum atomic E-state index is 12.3. The molecule has 6 nitrogen and oxygen atoms in total. The molecule has 0 aliphatic heterocycles. The van der Waals surface area contributed by atoms with Crippen molar-refractivity contribution in [3.8, 4) is 11.1 Å². The third-order valence-electron chi connectivity index (χ3n) is 5.19. The van der Waals surface area contributed by atoms with E-state index >= 15 is 0 Å². The molecular formula is C25H25N5O. The smallest absolute Gasteiger partial charge is 0.251 e. The van der Waals surface area contributed by atoms with Crippen molar-refractivity contribution in [3.05, 3.63) is 77.2 Å². The minimum atomic E-state index is -0.0640. The maximum absolute atomic E-state index is 12.3. The van der Waals surface area contributed by atoms with Crippen LogP contribution in [0.5, 0.6) is 0 Å². The number of hydrogen-bond donors (Lipinski definition) is 2. The SMILES string of the molecule is CCNC(=O)c1ccc(C)c(-c2cc(C)c3nc(Nc4ccc(C)nc4)ncc3c2)c1. The summed E-state index contributed by atoms with van der Waals surface area (Å²) in [6, 6.07) is 13.9. The van der Waals surface area contributed by atoms with Crippen LogP contribution in [0, 0.1) is 20.8 Å². The molecule has 0 aliphatic carbocycles. The Morgan fingerprint density at radius 2 is 1.77 bits per heavy atom. The summed E-state index contributed by atoms with van der Waals surface area (Å²) in [7, 11) is 0. The Morgan fingerprint density at radius 1 is 0.935 bits per heavy atom. The zero-order valence-electron chi connectivity index (χ0n) is 18.2. The lowest BCUT2D eigenvalue weighted by Gasteiger charge is -2.12. The normalized spacial score (nSPS) is 10.8. The molecular weight excluding hydrogens is 386 g/mol. The second-order valence-corrected chi connectivity index (χ2v) is 7.63. The fraction of sp³-hybridized carbons (Fsp3) is 0.200. The topological polar surface area (TPSA) is 79.8 Å². The molecule has 2 heterocycles. The van der Waals surface area contributed by atoms with Crippen LogP contribution in [0.1, 0.15) is 34.1 Å². The van der Waals surface area contributed by atoms with Gasteiger partial charge in [0, 0.05) is 29.4 Å². The molecule has 0 atom stereocenters. The maximum Gasteiger partial charge on any atom is 0.251 e. The number of rotatable bonds is 5. The first-order chi connectivity index (χ1) is 14.9. The first-order valence-electron chi connectivity index (χ1n) is 10.3. The van der Waals surface area contributed by atoms with E-state index in [-0.39, 0.29) is 5.91 Å². The van der Waals surface area contributed by atoms with E-state index < -0.39 is 0 Å². The number of carbonyl (C=O) groups is 1. The van der Waals surface area contributed by atoms with Gasteiger partial charge in [0.1, 0.15) is 0 Å². The summed E-state index contributed by atoms with van der Waals surface area (Å²) >= 11 is 0. The highest BCUT2D eigenvalue weighted by molar-refractivity contribution is 5.96. The van der Waals surface area contributed by atoms with Crippen LogP contribution in [-0.4, -0.2) is 27.4 Å². The molecule has 1 amide bonds. The van der Waals surface area contributed by atoms with Gasteiger partial charge in [0.2, 0.25) is 5.95 Å². The molecule has 4 rings (SSSR count). The van der Waals surface area contributed by atoms with Crippen LogP contribution in [0.15, 0.2) is 54.9 Å². The van der Waals surface area contributed by atoms with E-state index in [0.29, 0.717) is 18.1 Å². The van der Waals surface area contributed by atoms with Crippen molar-refractivity contribution in [2.45, 2.75) is 27.7 Å². The largest absolute Gasteiger partial charge is 0.352 e. The molecule has 0 saturated heterocycles. The number of amides is 1. The third kappa shape index (κ3) is 4.38. The number of nitrogens with zero attached hydrogens (tertiary/aromatic N) is 3. The molecule has 6 heteroatoms. The molecule has 4 aromatic rings. The van der Waals surface area contributed by atoms with Crippen molar-refractivity contribution in [3.63, 3.8) is 0 Å². The predicted octanol–water partition coefficient (Wildman–Crippen LogP) is 5.11. The Kier molecular flexibility index (Phi) is 5.62. The summed E-state index contributed by atoms with van der Waals surface area (Å²) in [6.45, 7) is 8.56. The van der Waals surface area contributed by atoms with Gasteiger partial charge in [-0.3, -0.25) is 9.78 Å². The molecule has 0 unspecified atom stereocenters. The highest BCUT2D eigenvalue weighted by Gasteiger charge is 2.12. The summed E-state index contributed by atoms with van der Waals surface area (Å²) in [5.74, 6) is 0.467. The minimum absolute atomic E-state index is 0.0640. The zero-order chi connectivity index (χ0) is 22.0. The summed E-state index contributed by atoms with van der Waals surface area (Å²) in [5, 5.41) is 7.02. The Bertz CT molecular complexity index is 1270. The van der Waals surface area contributed by atoms with E-state index in [1.165, 1.54) is 0 Å². The van der Waals surface area contributed by atoms with Crippen molar-refractivity contribution in [1.82, 2.24) is 20.3 Å². The molecule has 31 heavy (non-hydrogen) atoms. The number of pyridine rings is 1. The van der Waals surface area contributed by atoms with E-state index in [2.05, 4.69) is 39.7 Å². The van der Waals surface area contributed by atoms with Crippen molar-refractivity contribution in [2.75, 3.05) is 11.9 Å². The zero-order valence-corrected chi connectivity index (χ0v) is 18.2. The first kappa shape index (κ1) is 20.5. The fourth-order valence-electron chi connectivity index (χ4n) is 3.55. The van der Waals surface area contributed by atoms with E-state index in [4.69, 9.17) is 4.98 Å². The Labute approximate surface area is 181 Å². The molecule has 2 N–H and O–H groups in total. The molecule has 156 valence electrons. The number of carbonyl (C=O) groups excluding carboxylic acids is 1. The average Bonchev–Trinajstić information content (AvgIpc) is 2.76. The highest BCUT2D eigenvalue weighted by Crippen LogP contribution is 2.30. The lowest BCUT2D eigenvalue weighted by Crippen LogP contribution is -2.22. The van der Waals surface area contributed by atoms with Gasteiger partial charge in [0.25, 0.3) is 5.91 Å². The van der Waals surface area contributed by atoms with Crippen molar-refractivity contribution in [1.29, 1.82) is 0 Å². The van der Waals surface area contributed by atoms with E-state index in [1.54, 1.807) is 6.20 Å². The standard InChI is InChI=1S/C25H25N5O/c1-5-26-24(31)18-8-6-15(2)22(12-18)19-10-16(3)23-20(11-19)13-28-25(30-23)29-21-9-7-17(4)27-14-21/h6-14H,5H2,1-4H3,(H,26,31)(H,28,29,30). The molecule has 0 saturated carbocycles. The molecule has 2 aromatic heterocycles. The molecule has 0 aliphatic rings. The number of aryl methyl sites for hydroxylation is 3. The van der Waals surface area contributed by atoms with Gasteiger partial charge in [-0.15, -0.1) is 0 Å². The summed E-state index contributed by atoms with van der Waals surface area (Å²) in [5.41, 5.74) is 7.57. The van der Waals surface area contributed by atoms with E-state index in [0.717, 1.165) is 44.5 Å². The van der Waals surface area contributed by atoms with Gasteiger partial charge < -0.3 is 10.6 Å². The highest BCUT2D eigenvalue weighted by atomic mass is 16.1. The van der Waals surface area contributed by atoms with E-state index in [9.17, 15) is 4.79 Å². The number of aromatic nitrogens is 3. The van der Waals surface area contributed by atoms with Gasteiger partial charge in [0.15, 0.2) is 0 Å². The minimum Gasteiger partial charge on any atom is -0.352 e. The van der Waals surface area contributed by atoms with Gasteiger partial charge in [-0.25, -0.2) is 9.97 Å². The molecule has 0 fully saturated rings. The molecule has 2 aromatic carbocycles. The van der Waals surface area contributed by atoms with Crippen LogP contribution < -0.4 is 10.6 Å². The third-order valence-corrected chi connectivity index (χ3v) is 5.19. The van der Waals surface area contributed by atoms with Crippen molar-refractivity contribution >= 4 is 28.4 Å². The number of benzene rings is 2. The van der Waals surface area contributed by atoms with Crippen LogP contribution in [0.3, 0.4) is 0 Å². The van der Waals surface area contributed by atoms with Gasteiger partial charge in [-0.2, -0.15) is 0 Å². The van der Waals surface area contributed by atoms with Crippen molar-refractivity contribution < 1.29 is 4.79 Å². The molecule has 0 spiro atoms. The monoisotopic (exact) mass is 411 g/mol. The number of fused-ring (bicyclic) bond motifs is 1. The Morgan fingerprint density at radius 3 is 2.52 bits per heavy atom. The molecule has 0 bridgehead atoms. The summed E-state index contributed by atoms with van der Waals surface area (Å²) in [4.78, 5) is 25.8. The van der Waals surface area contributed by atoms with Crippen LogP contribution >= 0.6 is 0 Å². The van der Waals surface area contributed by atoms with Gasteiger partial charge in [-0.05, 0) is 86.3 Å². The summed E-state index contributed by atoms with van der Waals surface area (Å²) < 4.78 is 0. The van der Waals surface area contributed by atoms with Gasteiger partial charge in [0.05, 0.1) is 17.4 Å². The quantitative estimate of drug-likeness (QED) is 0.477. The Hall–Kier alpha value is -3.80. The fourth-order valence-corrected chi connectivity index (χ4v) is 3.55. The van der Waals surface area contributed by atoms with Gasteiger partial charge in [-0.1, -0.05) is 6.07 Å². The Balaban J connectivity index is 1.70. The van der Waals surface area contributed by atoms with Crippen LogP contribution in [-0.2, 0) is 0 Å². The number of nitrogens with one attached hydrogen (secondary N) is 2. The second kappa shape index (κ2) is 8.52.